The zero-order valence-corrected chi connectivity index (χ0v) is 5.69. The molecule has 1 unspecified atom stereocenters. The molecular formula is C6H12ClN. The molecule has 0 aromatic rings. The van der Waals surface area contributed by atoms with Crippen LogP contribution in [0.2, 0.25) is 0 Å². The molecule has 0 aromatic carbocycles. The molecule has 8 heavy (non-hydrogen) atoms. The van der Waals surface area contributed by atoms with Crippen molar-refractivity contribution in [1.29, 1.82) is 0 Å². The van der Waals surface area contributed by atoms with E-state index in [1.807, 2.05) is 0 Å². The quantitative estimate of drug-likeness (QED) is 0.566. The Balaban J connectivity index is 2.13. The predicted molar refractivity (Wildman–Crippen MR) is 36.0 cm³/mol. The van der Waals surface area contributed by atoms with Crippen molar-refractivity contribution in [2.24, 2.45) is 11.7 Å². The lowest BCUT2D eigenvalue weighted by Crippen LogP contribution is -2.35. The van der Waals surface area contributed by atoms with Crippen LogP contribution < -0.4 is 5.73 Å². The Morgan fingerprint density at radius 3 is 2.38 bits per heavy atom. The van der Waals surface area contributed by atoms with Crippen molar-refractivity contribution >= 4 is 11.6 Å². The molecule has 0 aliphatic heterocycles. The SMILES string of the molecule is NC(CCl)C1CCC1. The molecule has 2 N–H and O–H groups in total. The molecule has 1 fully saturated rings. The fraction of sp³-hybridized carbons (Fsp3) is 1.00. The maximum absolute atomic E-state index is 5.65. The molecule has 0 bridgehead atoms. The zero-order valence-electron chi connectivity index (χ0n) is 4.94. The summed E-state index contributed by atoms with van der Waals surface area (Å²) in [7, 11) is 0. The van der Waals surface area contributed by atoms with E-state index in [4.69, 9.17) is 17.3 Å². The first-order valence-electron chi connectivity index (χ1n) is 3.16. The minimum Gasteiger partial charge on any atom is -0.326 e. The Kier molecular flexibility index (Phi) is 2.15. The lowest BCUT2D eigenvalue weighted by Gasteiger charge is -2.29. The molecule has 0 aromatic heterocycles. The van der Waals surface area contributed by atoms with Crippen molar-refractivity contribution in [3.8, 4) is 0 Å². The minimum atomic E-state index is 0.269. The van der Waals surface area contributed by atoms with Crippen LogP contribution in [0, 0.1) is 5.92 Å². The largest absolute Gasteiger partial charge is 0.326 e. The van der Waals surface area contributed by atoms with Crippen LogP contribution >= 0.6 is 11.6 Å². The van der Waals surface area contributed by atoms with E-state index in [1.165, 1.54) is 19.3 Å². The summed E-state index contributed by atoms with van der Waals surface area (Å²) in [5, 5.41) is 0. The summed E-state index contributed by atoms with van der Waals surface area (Å²) in [5.74, 6) is 1.37. The van der Waals surface area contributed by atoms with Gasteiger partial charge < -0.3 is 5.73 Å². The van der Waals surface area contributed by atoms with Gasteiger partial charge in [-0.05, 0) is 18.8 Å². The predicted octanol–water partition coefficient (Wildman–Crippen LogP) is 1.35. The van der Waals surface area contributed by atoms with E-state index in [0.717, 1.165) is 5.92 Å². The van der Waals surface area contributed by atoms with E-state index in [-0.39, 0.29) is 6.04 Å². The van der Waals surface area contributed by atoms with Gasteiger partial charge in [0.2, 0.25) is 0 Å². The molecule has 0 saturated heterocycles. The standard InChI is InChI=1S/C6H12ClN/c7-4-6(8)5-2-1-3-5/h5-6H,1-4,8H2. The van der Waals surface area contributed by atoms with Crippen LogP contribution in [0.5, 0.6) is 0 Å². The fourth-order valence-corrected chi connectivity index (χ4v) is 1.25. The Bertz CT molecular complexity index is 68.2. The average molecular weight is 134 g/mol. The van der Waals surface area contributed by atoms with Crippen LogP contribution in [0.15, 0.2) is 0 Å². The number of halogens is 1. The van der Waals surface area contributed by atoms with Crippen molar-refractivity contribution in [2.45, 2.75) is 25.3 Å². The second-order valence-electron chi connectivity index (χ2n) is 2.51. The van der Waals surface area contributed by atoms with Gasteiger partial charge in [0, 0.05) is 11.9 Å². The number of rotatable bonds is 2. The summed E-state index contributed by atoms with van der Waals surface area (Å²) in [6.45, 7) is 0. The molecule has 0 amide bonds. The van der Waals surface area contributed by atoms with Crippen LogP contribution in [0.1, 0.15) is 19.3 Å². The summed E-state index contributed by atoms with van der Waals surface area (Å²) in [5.41, 5.74) is 5.65. The molecule has 1 aliphatic rings. The van der Waals surface area contributed by atoms with E-state index >= 15 is 0 Å². The van der Waals surface area contributed by atoms with Crippen LogP contribution in [-0.4, -0.2) is 11.9 Å². The highest BCUT2D eigenvalue weighted by Crippen LogP contribution is 2.28. The first-order chi connectivity index (χ1) is 3.84. The topological polar surface area (TPSA) is 26.0 Å². The normalized spacial score (nSPS) is 24.8. The fourth-order valence-electron chi connectivity index (χ4n) is 0.994. The summed E-state index contributed by atoms with van der Waals surface area (Å²) < 4.78 is 0. The Morgan fingerprint density at radius 1 is 1.62 bits per heavy atom. The van der Waals surface area contributed by atoms with Gasteiger partial charge in [-0.25, -0.2) is 0 Å². The summed E-state index contributed by atoms with van der Waals surface area (Å²) in [6, 6.07) is 0.269. The number of hydrogen-bond donors (Lipinski definition) is 1. The van der Waals surface area contributed by atoms with Crippen LogP contribution in [0.4, 0.5) is 0 Å². The van der Waals surface area contributed by atoms with Gasteiger partial charge in [0.05, 0.1) is 0 Å². The molecule has 1 aliphatic carbocycles. The van der Waals surface area contributed by atoms with Gasteiger partial charge in [-0.3, -0.25) is 0 Å². The third-order valence-electron chi connectivity index (χ3n) is 1.93. The van der Waals surface area contributed by atoms with E-state index in [9.17, 15) is 0 Å². The van der Waals surface area contributed by atoms with Gasteiger partial charge in [-0.1, -0.05) is 6.42 Å². The molecule has 48 valence electrons. The molecule has 0 spiro atoms. The second-order valence-corrected chi connectivity index (χ2v) is 2.82. The summed E-state index contributed by atoms with van der Waals surface area (Å²) >= 11 is 5.53. The molecule has 0 radical (unpaired) electrons. The lowest BCUT2D eigenvalue weighted by atomic mass is 9.81. The molecule has 2 heteroatoms. The van der Waals surface area contributed by atoms with E-state index in [0.29, 0.717) is 5.88 Å². The third-order valence-corrected chi connectivity index (χ3v) is 2.29. The Morgan fingerprint density at radius 2 is 2.25 bits per heavy atom. The first-order valence-corrected chi connectivity index (χ1v) is 3.69. The highest BCUT2D eigenvalue weighted by atomic mass is 35.5. The highest BCUT2D eigenvalue weighted by molar-refractivity contribution is 6.18. The highest BCUT2D eigenvalue weighted by Gasteiger charge is 2.22. The van der Waals surface area contributed by atoms with Crippen LogP contribution in [0.25, 0.3) is 0 Å². The van der Waals surface area contributed by atoms with E-state index in [2.05, 4.69) is 0 Å². The second kappa shape index (κ2) is 2.70. The van der Waals surface area contributed by atoms with Gasteiger partial charge in [0.25, 0.3) is 0 Å². The first kappa shape index (κ1) is 6.37. The maximum atomic E-state index is 5.65. The number of nitrogens with two attached hydrogens (primary N) is 1. The van der Waals surface area contributed by atoms with Crippen molar-refractivity contribution in [3.05, 3.63) is 0 Å². The van der Waals surface area contributed by atoms with Gasteiger partial charge >= 0.3 is 0 Å². The van der Waals surface area contributed by atoms with Gasteiger partial charge in [0.15, 0.2) is 0 Å². The number of hydrogen-bond acceptors (Lipinski definition) is 1. The molecule has 1 nitrogen and oxygen atoms in total. The van der Waals surface area contributed by atoms with E-state index in [1.54, 1.807) is 0 Å². The van der Waals surface area contributed by atoms with Crippen molar-refractivity contribution in [1.82, 2.24) is 0 Å². The van der Waals surface area contributed by atoms with Gasteiger partial charge in [0.1, 0.15) is 0 Å². The maximum Gasteiger partial charge on any atom is 0.0377 e. The van der Waals surface area contributed by atoms with E-state index < -0.39 is 0 Å². The Labute approximate surface area is 55.2 Å². The monoisotopic (exact) mass is 133 g/mol. The third kappa shape index (κ3) is 1.15. The molecule has 1 saturated carbocycles. The van der Waals surface area contributed by atoms with Crippen molar-refractivity contribution in [3.63, 3.8) is 0 Å². The summed E-state index contributed by atoms with van der Waals surface area (Å²) in [6.07, 6.45) is 3.96. The number of alkyl halides is 1. The van der Waals surface area contributed by atoms with Crippen LogP contribution in [0.3, 0.4) is 0 Å². The summed E-state index contributed by atoms with van der Waals surface area (Å²) in [4.78, 5) is 0. The molecular weight excluding hydrogens is 122 g/mol. The van der Waals surface area contributed by atoms with Crippen molar-refractivity contribution in [2.75, 3.05) is 5.88 Å². The molecule has 0 heterocycles. The average Bonchev–Trinajstić information content (AvgIpc) is 1.62. The van der Waals surface area contributed by atoms with Crippen molar-refractivity contribution < 1.29 is 0 Å². The zero-order chi connectivity index (χ0) is 5.98. The van der Waals surface area contributed by atoms with Crippen LogP contribution in [-0.2, 0) is 0 Å². The smallest absolute Gasteiger partial charge is 0.0377 e. The molecule has 1 rings (SSSR count). The Hall–Kier alpha value is 0.250. The minimum absolute atomic E-state index is 0.269. The van der Waals surface area contributed by atoms with Gasteiger partial charge in [-0.15, -0.1) is 11.6 Å². The lowest BCUT2D eigenvalue weighted by molar-refractivity contribution is 0.275. The van der Waals surface area contributed by atoms with Gasteiger partial charge in [-0.2, -0.15) is 0 Å². The molecule has 1 atom stereocenters.